The number of hydrogen-bond donors (Lipinski definition) is 2. The molecule has 1 aliphatic heterocycles. The number of carbonyl (C=O) groups is 2. The molecule has 0 radical (unpaired) electrons. The van der Waals surface area contributed by atoms with E-state index < -0.39 is 0 Å². The van der Waals surface area contributed by atoms with E-state index in [1.54, 1.807) is 24.3 Å². The third-order valence-electron chi connectivity index (χ3n) is 4.35. The highest BCUT2D eigenvalue weighted by molar-refractivity contribution is 5.93. The van der Waals surface area contributed by atoms with Crippen LogP contribution in [0.5, 0.6) is 0 Å². The minimum absolute atomic E-state index is 0.0227. The average molecular weight is 352 g/mol. The molecule has 1 heterocycles. The summed E-state index contributed by atoms with van der Waals surface area (Å²) in [7, 11) is 0. The van der Waals surface area contributed by atoms with Crippen LogP contribution in [0.25, 0.3) is 0 Å². The standard InChI is InChI=1S/C20H24N4O2/c1-16(25)21-17-7-9-18(10-8-17)22-20(26)15-23-11-13-24(14-12-23)19-5-3-2-4-6-19/h2-10H,11-15H2,1H3,(H,21,25)(H,22,26). The first-order valence-electron chi connectivity index (χ1n) is 8.80. The van der Waals surface area contributed by atoms with Crippen molar-refractivity contribution in [3.63, 3.8) is 0 Å². The fourth-order valence-corrected chi connectivity index (χ4v) is 3.05. The predicted molar refractivity (Wildman–Crippen MR) is 104 cm³/mol. The monoisotopic (exact) mass is 352 g/mol. The summed E-state index contributed by atoms with van der Waals surface area (Å²) in [5, 5.41) is 5.61. The van der Waals surface area contributed by atoms with Crippen molar-refractivity contribution in [1.82, 2.24) is 4.90 Å². The molecule has 0 atom stereocenters. The van der Waals surface area contributed by atoms with E-state index in [9.17, 15) is 9.59 Å². The van der Waals surface area contributed by atoms with E-state index in [4.69, 9.17) is 0 Å². The fraction of sp³-hybridized carbons (Fsp3) is 0.300. The quantitative estimate of drug-likeness (QED) is 0.867. The van der Waals surface area contributed by atoms with Gasteiger partial charge in [-0.15, -0.1) is 0 Å². The Morgan fingerprint density at radius 3 is 2.00 bits per heavy atom. The van der Waals surface area contributed by atoms with Crippen LogP contribution in [0, 0.1) is 0 Å². The number of para-hydroxylation sites is 1. The van der Waals surface area contributed by atoms with Gasteiger partial charge in [-0.05, 0) is 36.4 Å². The zero-order valence-corrected chi connectivity index (χ0v) is 14.9. The Bertz CT molecular complexity index is 738. The van der Waals surface area contributed by atoms with Crippen LogP contribution < -0.4 is 15.5 Å². The van der Waals surface area contributed by atoms with Gasteiger partial charge in [0.25, 0.3) is 0 Å². The second-order valence-corrected chi connectivity index (χ2v) is 6.41. The van der Waals surface area contributed by atoms with Gasteiger partial charge < -0.3 is 15.5 Å². The SMILES string of the molecule is CC(=O)Nc1ccc(NC(=O)CN2CCN(c3ccccc3)CC2)cc1. The molecular weight excluding hydrogens is 328 g/mol. The Balaban J connectivity index is 1.45. The minimum atomic E-state index is -0.114. The van der Waals surface area contributed by atoms with Crippen molar-refractivity contribution in [2.45, 2.75) is 6.92 Å². The molecule has 1 saturated heterocycles. The van der Waals surface area contributed by atoms with Crippen LogP contribution in [0.2, 0.25) is 0 Å². The van der Waals surface area contributed by atoms with Crippen LogP contribution in [0.4, 0.5) is 17.1 Å². The summed E-state index contributed by atoms with van der Waals surface area (Å²) in [6.07, 6.45) is 0. The minimum Gasteiger partial charge on any atom is -0.369 e. The summed E-state index contributed by atoms with van der Waals surface area (Å²) < 4.78 is 0. The maximum Gasteiger partial charge on any atom is 0.238 e. The molecule has 0 aromatic heterocycles. The average Bonchev–Trinajstić information content (AvgIpc) is 2.64. The topological polar surface area (TPSA) is 64.7 Å². The molecule has 6 heteroatoms. The highest BCUT2D eigenvalue weighted by Gasteiger charge is 2.19. The summed E-state index contributed by atoms with van der Waals surface area (Å²) >= 11 is 0. The number of anilines is 3. The number of benzene rings is 2. The van der Waals surface area contributed by atoms with Gasteiger partial charge in [-0.25, -0.2) is 0 Å². The third kappa shape index (κ3) is 5.07. The highest BCUT2D eigenvalue weighted by atomic mass is 16.2. The molecule has 26 heavy (non-hydrogen) atoms. The molecule has 2 aromatic rings. The number of rotatable bonds is 5. The molecule has 0 unspecified atom stereocenters. The molecule has 0 aliphatic carbocycles. The number of amides is 2. The van der Waals surface area contributed by atoms with Gasteiger partial charge in [0.1, 0.15) is 0 Å². The predicted octanol–water partition coefficient (Wildman–Crippen LogP) is 2.41. The molecule has 0 bridgehead atoms. The number of nitrogens with zero attached hydrogens (tertiary/aromatic N) is 2. The molecule has 0 spiro atoms. The summed E-state index contributed by atoms with van der Waals surface area (Å²) in [4.78, 5) is 27.8. The first-order valence-corrected chi connectivity index (χ1v) is 8.80. The first-order chi connectivity index (χ1) is 12.6. The van der Waals surface area contributed by atoms with E-state index in [2.05, 4.69) is 32.6 Å². The molecule has 2 aromatic carbocycles. The van der Waals surface area contributed by atoms with Gasteiger partial charge in [-0.1, -0.05) is 18.2 Å². The van der Waals surface area contributed by atoms with Crippen molar-refractivity contribution in [1.29, 1.82) is 0 Å². The van der Waals surface area contributed by atoms with Crippen molar-refractivity contribution in [2.75, 3.05) is 48.3 Å². The number of nitrogens with one attached hydrogen (secondary N) is 2. The smallest absolute Gasteiger partial charge is 0.238 e. The van der Waals surface area contributed by atoms with Gasteiger partial charge in [0.2, 0.25) is 11.8 Å². The summed E-state index contributed by atoms with van der Waals surface area (Å²) in [5.74, 6) is -0.137. The van der Waals surface area contributed by atoms with Crippen LogP contribution >= 0.6 is 0 Å². The lowest BCUT2D eigenvalue weighted by molar-refractivity contribution is -0.117. The molecule has 136 valence electrons. The number of carbonyl (C=O) groups excluding carboxylic acids is 2. The zero-order chi connectivity index (χ0) is 18.4. The number of piperazine rings is 1. The van der Waals surface area contributed by atoms with Crippen molar-refractivity contribution in [2.24, 2.45) is 0 Å². The van der Waals surface area contributed by atoms with Crippen LogP contribution in [0.3, 0.4) is 0 Å². The van der Waals surface area contributed by atoms with E-state index in [1.807, 2.05) is 18.2 Å². The lowest BCUT2D eigenvalue weighted by Gasteiger charge is -2.35. The van der Waals surface area contributed by atoms with Gasteiger partial charge in [0, 0.05) is 50.2 Å². The summed E-state index contributed by atoms with van der Waals surface area (Å²) in [6, 6.07) is 17.5. The lowest BCUT2D eigenvalue weighted by atomic mass is 10.2. The summed E-state index contributed by atoms with van der Waals surface area (Å²) in [6.45, 7) is 5.42. The largest absolute Gasteiger partial charge is 0.369 e. The molecule has 2 N–H and O–H groups in total. The fourth-order valence-electron chi connectivity index (χ4n) is 3.05. The van der Waals surface area contributed by atoms with Crippen LogP contribution in [-0.2, 0) is 9.59 Å². The zero-order valence-electron chi connectivity index (χ0n) is 14.9. The van der Waals surface area contributed by atoms with Crippen LogP contribution in [-0.4, -0.2) is 49.4 Å². The van der Waals surface area contributed by atoms with Crippen molar-refractivity contribution >= 4 is 28.9 Å². The van der Waals surface area contributed by atoms with Crippen LogP contribution in [0.15, 0.2) is 54.6 Å². The van der Waals surface area contributed by atoms with E-state index in [0.717, 1.165) is 31.9 Å². The van der Waals surface area contributed by atoms with Crippen molar-refractivity contribution in [3.8, 4) is 0 Å². The highest BCUT2D eigenvalue weighted by Crippen LogP contribution is 2.16. The normalized spacial score (nSPS) is 14.7. The van der Waals surface area contributed by atoms with Gasteiger partial charge in [0.05, 0.1) is 6.54 Å². The Kier molecular flexibility index (Phi) is 5.86. The number of hydrogen-bond acceptors (Lipinski definition) is 4. The first kappa shape index (κ1) is 17.9. The van der Waals surface area contributed by atoms with E-state index in [1.165, 1.54) is 12.6 Å². The Labute approximate surface area is 153 Å². The Morgan fingerprint density at radius 2 is 1.42 bits per heavy atom. The molecule has 6 nitrogen and oxygen atoms in total. The molecule has 0 saturated carbocycles. The molecular formula is C20H24N4O2. The van der Waals surface area contributed by atoms with Crippen LogP contribution in [0.1, 0.15) is 6.92 Å². The maximum absolute atomic E-state index is 12.3. The second kappa shape index (κ2) is 8.49. The lowest BCUT2D eigenvalue weighted by Crippen LogP contribution is -2.48. The van der Waals surface area contributed by atoms with Gasteiger partial charge in [-0.3, -0.25) is 14.5 Å². The second-order valence-electron chi connectivity index (χ2n) is 6.41. The van der Waals surface area contributed by atoms with E-state index in [-0.39, 0.29) is 11.8 Å². The molecule has 1 aliphatic rings. The van der Waals surface area contributed by atoms with Crippen molar-refractivity contribution in [3.05, 3.63) is 54.6 Å². The Morgan fingerprint density at radius 1 is 0.846 bits per heavy atom. The van der Waals surface area contributed by atoms with Crippen molar-refractivity contribution < 1.29 is 9.59 Å². The molecule has 2 amide bonds. The van der Waals surface area contributed by atoms with E-state index >= 15 is 0 Å². The molecule has 1 fully saturated rings. The van der Waals surface area contributed by atoms with Gasteiger partial charge in [-0.2, -0.15) is 0 Å². The maximum atomic E-state index is 12.3. The van der Waals surface area contributed by atoms with Gasteiger partial charge >= 0.3 is 0 Å². The Hall–Kier alpha value is -2.86. The van der Waals surface area contributed by atoms with E-state index in [0.29, 0.717) is 12.2 Å². The molecule has 3 rings (SSSR count). The summed E-state index contributed by atoms with van der Waals surface area (Å²) in [5.41, 5.74) is 2.68. The third-order valence-corrected chi connectivity index (χ3v) is 4.35. The van der Waals surface area contributed by atoms with Gasteiger partial charge in [0.15, 0.2) is 0 Å².